The molecule has 0 atom stereocenters. The van der Waals surface area contributed by atoms with Crippen molar-refractivity contribution in [1.29, 1.82) is 0 Å². The molecule has 1 heterocycles. The summed E-state index contributed by atoms with van der Waals surface area (Å²) in [5, 5.41) is 0. The zero-order valence-electron chi connectivity index (χ0n) is 19.5. The summed E-state index contributed by atoms with van der Waals surface area (Å²) in [7, 11) is -2.99. The second-order valence-electron chi connectivity index (χ2n) is 8.39. The van der Waals surface area contributed by atoms with Crippen LogP contribution in [0.25, 0.3) is 11.1 Å². The fourth-order valence-corrected chi connectivity index (χ4v) is 4.93. The van der Waals surface area contributed by atoms with E-state index in [1.54, 1.807) is 19.1 Å². The van der Waals surface area contributed by atoms with Crippen molar-refractivity contribution < 1.29 is 27.0 Å². The Hall–Kier alpha value is -3.06. The third-order valence-corrected chi connectivity index (χ3v) is 7.63. The van der Waals surface area contributed by atoms with E-state index in [1.165, 1.54) is 12.1 Å². The first-order chi connectivity index (χ1) is 16.3. The van der Waals surface area contributed by atoms with Crippen LogP contribution in [0.2, 0.25) is 0 Å². The Morgan fingerprint density at radius 3 is 2.68 bits per heavy atom. The largest absolute Gasteiger partial charge is 0.494 e. The predicted molar refractivity (Wildman–Crippen MR) is 131 cm³/mol. The molecule has 34 heavy (non-hydrogen) atoms. The van der Waals surface area contributed by atoms with Crippen LogP contribution in [0.3, 0.4) is 0 Å². The first kappa shape index (κ1) is 24.1. The Morgan fingerprint density at radius 2 is 1.88 bits per heavy atom. The second kappa shape index (κ2) is 10.5. The highest BCUT2D eigenvalue weighted by atomic mass is 32.2. The van der Waals surface area contributed by atoms with Gasteiger partial charge in [0.05, 0.1) is 19.0 Å². The number of ether oxygens (including phenoxy) is 3. The van der Waals surface area contributed by atoms with Crippen molar-refractivity contribution in [1.82, 2.24) is 0 Å². The first-order valence-corrected chi connectivity index (χ1v) is 13.3. The average molecular weight is 485 g/mol. The van der Waals surface area contributed by atoms with Crippen LogP contribution in [-0.4, -0.2) is 33.1 Å². The number of fused-ring (bicyclic) bond motifs is 3. The van der Waals surface area contributed by atoms with Gasteiger partial charge in [0.2, 0.25) is 0 Å². The number of halogens is 1. The van der Waals surface area contributed by atoms with Crippen LogP contribution >= 0.6 is 0 Å². The summed E-state index contributed by atoms with van der Waals surface area (Å²) in [6, 6.07) is 16.1. The lowest BCUT2D eigenvalue weighted by Crippen LogP contribution is -2.12. The third-order valence-electron chi connectivity index (χ3n) is 5.84. The van der Waals surface area contributed by atoms with Gasteiger partial charge in [0.15, 0.2) is 0 Å². The van der Waals surface area contributed by atoms with E-state index in [9.17, 15) is 12.8 Å². The molecule has 0 aliphatic carbocycles. The summed E-state index contributed by atoms with van der Waals surface area (Å²) < 4.78 is 54.5. The van der Waals surface area contributed by atoms with E-state index in [0.717, 1.165) is 45.7 Å². The van der Waals surface area contributed by atoms with Gasteiger partial charge in [0, 0.05) is 23.8 Å². The van der Waals surface area contributed by atoms with Gasteiger partial charge in [0.1, 0.15) is 39.5 Å². The molecule has 0 amide bonds. The molecule has 1 aliphatic heterocycles. The molecule has 180 valence electrons. The van der Waals surface area contributed by atoms with E-state index in [2.05, 4.69) is 6.07 Å². The Morgan fingerprint density at radius 1 is 1.03 bits per heavy atom. The van der Waals surface area contributed by atoms with Gasteiger partial charge in [-0.1, -0.05) is 19.1 Å². The monoisotopic (exact) mass is 484 g/mol. The first-order valence-electron chi connectivity index (χ1n) is 11.5. The molecule has 0 N–H and O–H groups in total. The smallest absolute Gasteiger partial charge is 0.150 e. The highest BCUT2D eigenvalue weighted by Gasteiger charge is 2.19. The van der Waals surface area contributed by atoms with Crippen molar-refractivity contribution in [3.63, 3.8) is 0 Å². The fraction of sp³-hybridized carbons (Fsp3) is 0.333. The van der Waals surface area contributed by atoms with Crippen molar-refractivity contribution >= 4 is 9.84 Å². The number of benzene rings is 3. The summed E-state index contributed by atoms with van der Waals surface area (Å²) in [5.74, 6) is 1.99. The van der Waals surface area contributed by atoms with E-state index >= 15 is 0 Å². The molecule has 3 aromatic rings. The van der Waals surface area contributed by atoms with Crippen molar-refractivity contribution in [3.8, 4) is 28.4 Å². The Bertz CT molecular complexity index is 1270. The summed E-state index contributed by atoms with van der Waals surface area (Å²) >= 11 is 0. The lowest BCUT2D eigenvalue weighted by atomic mass is 9.92. The molecule has 0 unspecified atom stereocenters. The van der Waals surface area contributed by atoms with Gasteiger partial charge in [-0.25, -0.2) is 12.8 Å². The number of rotatable bonds is 9. The van der Waals surface area contributed by atoms with Gasteiger partial charge in [-0.2, -0.15) is 0 Å². The molecule has 0 spiro atoms. The van der Waals surface area contributed by atoms with Crippen LogP contribution in [0.15, 0.2) is 54.6 Å². The summed E-state index contributed by atoms with van der Waals surface area (Å²) in [6.45, 7) is 4.92. The number of hydrogen-bond donors (Lipinski definition) is 0. The minimum atomic E-state index is -2.99. The Kier molecular flexibility index (Phi) is 7.41. The van der Waals surface area contributed by atoms with Crippen LogP contribution in [0, 0.1) is 12.7 Å². The molecule has 0 aromatic heterocycles. The fourth-order valence-electron chi connectivity index (χ4n) is 4.09. The van der Waals surface area contributed by atoms with E-state index in [1.807, 2.05) is 31.2 Å². The quantitative estimate of drug-likeness (QED) is 0.374. The molecule has 0 saturated carbocycles. The van der Waals surface area contributed by atoms with E-state index in [0.29, 0.717) is 32.0 Å². The third kappa shape index (κ3) is 5.89. The average Bonchev–Trinajstić information content (AvgIpc) is 3.00. The summed E-state index contributed by atoms with van der Waals surface area (Å²) in [4.78, 5) is 0. The molecule has 0 saturated heterocycles. The topological polar surface area (TPSA) is 61.8 Å². The van der Waals surface area contributed by atoms with Crippen LogP contribution in [0.4, 0.5) is 4.39 Å². The molecule has 5 nitrogen and oxygen atoms in total. The van der Waals surface area contributed by atoms with Gasteiger partial charge in [-0.3, -0.25) is 0 Å². The van der Waals surface area contributed by atoms with Gasteiger partial charge in [-0.05, 0) is 72.0 Å². The maximum atomic E-state index is 13.4. The van der Waals surface area contributed by atoms with E-state index in [4.69, 9.17) is 14.2 Å². The second-order valence-corrected chi connectivity index (χ2v) is 10.9. The van der Waals surface area contributed by atoms with Crippen LogP contribution in [0.1, 0.15) is 30.0 Å². The predicted octanol–water partition coefficient (Wildman–Crippen LogP) is 5.52. The van der Waals surface area contributed by atoms with Crippen molar-refractivity contribution in [3.05, 3.63) is 77.1 Å². The highest BCUT2D eigenvalue weighted by Crippen LogP contribution is 2.40. The van der Waals surface area contributed by atoms with E-state index in [-0.39, 0.29) is 17.3 Å². The number of hydrogen-bond acceptors (Lipinski definition) is 5. The van der Waals surface area contributed by atoms with E-state index < -0.39 is 9.84 Å². The molecular weight excluding hydrogens is 455 g/mol. The molecule has 0 bridgehead atoms. The molecule has 7 heteroatoms. The SMILES string of the molecule is CCS(=O)(=O)CCCOc1cc(C)c2c(c1)CCOc1ccc(COc3cccc(F)c3)cc1-2. The maximum Gasteiger partial charge on any atom is 0.150 e. The number of sulfone groups is 1. The minimum Gasteiger partial charge on any atom is -0.494 e. The van der Waals surface area contributed by atoms with Crippen molar-refractivity contribution in [2.75, 3.05) is 24.7 Å². The maximum absolute atomic E-state index is 13.4. The summed E-state index contributed by atoms with van der Waals surface area (Å²) in [6.07, 6.45) is 1.20. The van der Waals surface area contributed by atoms with Gasteiger partial charge >= 0.3 is 0 Å². The molecule has 3 aromatic carbocycles. The van der Waals surface area contributed by atoms with Crippen LogP contribution in [-0.2, 0) is 22.9 Å². The lowest BCUT2D eigenvalue weighted by molar-refractivity contribution is 0.303. The van der Waals surface area contributed by atoms with Gasteiger partial charge in [0.25, 0.3) is 0 Å². The zero-order chi connectivity index (χ0) is 24.1. The molecular formula is C27H29FO5S. The highest BCUT2D eigenvalue weighted by molar-refractivity contribution is 7.91. The van der Waals surface area contributed by atoms with Crippen molar-refractivity contribution in [2.45, 2.75) is 33.3 Å². The Balaban J connectivity index is 1.52. The van der Waals surface area contributed by atoms with Gasteiger partial charge in [-0.15, -0.1) is 0 Å². The minimum absolute atomic E-state index is 0.134. The van der Waals surface area contributed by atoms with Crippen LogP contribution in [0.5, 0.6) is 17.2 Å². The normalized spacial score (nSPS) is 12.8. The molecule has 0 radical (unpaired) electrons. The van der Waals surface area contributed by atoms with Crippen LogP contribution < -0.4 is 14.2 Å². The standard InChI is InChI=1S/C27H29FO5S/c1-3-34(29,30)13-5-11-31-24-14-19(2)27-21(16-24)10-12-32-26-9-8-20(15-25(26)27)18-33-23-7-4-6-22(28)17-23/h4,6-9,14-17H,3,5,10-13,18H2,1-2H3. The van der Waals surface area contributed by atoms with Crippen molar-refractivity contribution in [2.24, 2.45) is 0 Å². The zero-order valence-corrected chi connectivity index (χ0v) is 20.3. The molecule has 1 aliphatic rings. The summed E-state index contributed by atoms with van der Waals surface area (Å²) in [5.41, 5.74) is 5.24. The Labute approximate surface area is 200 Å². The molecule has 0 fully saturated rings. The molecule has 4 rings (SSSR count). The van der Waals surface area contributed by atoms with Gasteiger partial charge < -0.3 is 14.2 Å². The number of aryl methyl sites for hydroxylation is 1. The lowest BCUT2D eigenvalue weighted by Gasteiger charge is -2.16.